The van der Waals surface area contributed by atoms with Crippen molar-refractivity contribution in [1.82, 2.24) is 9.78 Å². The number of esters is 1. The van der Waals surface area contributed by atoms with Crippen molar-refractivity contribution in [2.45, 2.75) is 32.2 Å². The molecule has 5 nitrogen and oxygen atoms in total. The van der Waals surface area contributed by atoms with Crippen LogP contribution in [0.5, 0.6) is 0 Å². The fraction of sp³-hybridized carbons (Fsp3) is 0.636. The number of ether oxygens (including phenoxy) is 1. The highest BCUT2D eigenvalue weighted by Gasteiger charge is 2.17. The highest BCUT2D eigenvalue weighted by Crippen LogP contribution is 2.19. The molecule has 2 N–H and O–H groups in total. The molecule has 0 aliphatic heterocycles. The zero-order chi connectivity index (χ0) is 12.1. The Bertz CT molecular complexity index is 347. The molecule has 0 aliphatic rings. The molecule has 90 valence electrons. The monoisotopic (exact) mass is 225 g/mol. The number of carbonyl (C=O) groups is 1. The molecular weight excluding hydrogens is 206 g/mol. The van der Waals surface area contributed by atoms with Crippen molar-refractivity contribution in [3.63, 3.8) is 0 Å². The Morgan fingerprint density at radius 3 is 2.75 bits per heavy atom. The van der Waals surface area contributed by atoms with Crippen LogP contribution in [0.4, 0.5) is 0 Å². The molecule has 5 heteroatoms. The zero-order valence-electron chi connectivity index (χ0n) is 10.0. The van der Waals surface area contributed by atoms with Gasteiger partial charge in [0.2, 0.25) is 0 Å². The molecule has 1 rings (SSSR count). The number of nitrogens with zero attached hydrogens (tertiary/aromatic N) is 2. The molecule has 0 saturated heterocycles. The molecule has 0 amide bonds. The van der Waals surface area contributed by atoms with Crippen molar-refractivity contribution in [1.29, 1.82) is 0 Å². The Morgan fingerprint density at radius 2 is 2.31 bits per heavy atom. The lowest BCUT2D eigenvalue weighted by atomic mass is 9.99. The Morgan fingerprint density at radius 1 is 1.62 bits per heavy atom. The smallest absolute Gasteiger partial charge is 0.306 e. The Hall–Kier alpha value is -1.36. The molecule has 1 atom stereocenters. The standard InChI is InChI=1S/C11H19N3O2/c1-8(2)14-7-10(6-13-14)9(5-12)4-11(15)16-3/h6-9H,4-5,12H2,1-3H3. The normalized spacial score (nSPS) is 12.8. The quantitative estimate of drug-likeness (QED) is 0.761. The van der Waals surface area contributed by atoms with Gasteiger partial charge in [0.05, 0.1) is 19.7 Å². The van der Waals surface area contributed by atoms with Gasteiger partial charge in [-0.1, -0.05) is 0 Å². The molecule has 0 aromatic carbocycles. The first kappa shape index (κ1) is 12.7. The van der Waals surface area contributed by atoms with E-state index in [1.165, 1.54) is 7.11 Å². The van der Waals surface area contributed by atoms with Crippen molar-refractivity contribution >= 4 is 5.97 Å². The summed E-state index contributed by atoms with van der Waals surface area (Å²) < 4.78 is 6.49. The van der Waals surface area contributed by atoms with Crippen LogP contribution in [0.15, 0.2) is 12.4 Å². The third-order valence-corrected chi connectivity index (χ3v) is 2.55. The molecule has 1 aromatic rings. The van der Waals surface area contributed by atoms with E-state index in [9.17, 15) is 4.79 Å². The summed E-state index contributed by atoms with van der Waals surface area (Å²) in [4.78, 5) is 11.2. The van der Waals surface area contributed by atoms with Crippen LogP contribution in [0.1, 0.15) is 37.8 Å². The maximum atomic E-state index is 11.2. The van der Waals surface area contributed by atoms with E-state index in [2.05, 4.69) is 23.7 Å². The van der Waals surface area contributed by atoms with E-state index in [4.69, 9.17) is 5.73 Å². The van der Waals surface area contributed by atoms with E-state index in [1.54, 1.807) is 6.20 Å². The van der Waals surface area contributed by atoms with Gasteiger partial charge in [-0.05, 0) is 26.0 Å². The topological polar surface area (TPSA) is 70.1 Å². The summed E-state index contributed by atoms with van der Waals surface area (Å²) in [5.41, 5.74) is 6.64. The van der Waals surface area contributed by atoms with E-state index in [-0.39, 0.29) is 11.9 Å². The van der Waals surface area contributed by atoms with Crippen molar-refractivity contribution < 1.29 is 9.53 Å². The third-order valence-electron chi connectivity index (χ3n) is 2.55. The average Bonchev–Trinajstić information content (AvgIpc) is 2.74. The lowest BCUT2D eigenvalue weighted by molar-refractivity contribution is -0.141. The van der Waals surface area contributed by atoms with Gasteiger partial charge in [0.1, 0.15) is 0 Å². The molecule has 1 heterocycles. The van der Waals surface area contributed by atoms with Crippen LogP contribution < -0.4 is 5.73 Å². The lowest BCUT2D eigenvalue weighted by Gasteiger charge is -2.11. The molecule has 0 spiro atoms. The summed E-state index contributed by atoms with van der Waals surface area (Å²) in [7, 11) is 1.38. The van der Waals surface area contributed by atoms with Crippen LogP contribution in [0.3, 0.4) is 0 Å². The molecule has 0 saturated carbocycles. The molecule has 0 aliphatic carbocycles. The number of hydrogen-bond donors (Lipinski definition) is 1. The summed E-state index contributed by atoms with van der Waals surface area (Å²) in [6.07, 6.45) is 4.00. The van der Waals surface area contributed by atoms with Crippen LogP contribution in [0, 0.1) is 0 Å². The molecule has 0 fully saturated rings. The van der Waals surface area contributed by atoms with Crippen LogP contribution in [0.25, 0.3) is 0 Å². The molecule has 1 unspecified atom stereocenters. The zero-order valence-corrected chi connectivity index (χ0v) is 10.0. The molecular formula is C11H19N3O2. The highest BCUT2D eigenvalue weighted by atomic mass is 16.5. The predicted molar refractivity (Wildman–Crippen MR) is 61.0 cm³/mol. The summed E-state index contributed by atoms with van der Waals surface area (Å²) in [5, 5.41) is 4.23. The van der Waals surface area contributed by atoms with Gasteiger partial charge in [-0.2, -0.15) is 5.10 Å². The van der Waals surface area contributed by atoms with Crippen molar-refractivity contribution in [3.8, 4) is 0 Å². The van der Waals surface area contributed by atoms with Crippen molar-refractivity contribution in [2.24, 2.45) is 5.73 Å². The first-order valence-corrected chi connectivity index (χ1v) is 5.39. The second-order valence-electron chi connectivity index (χ2n) is 4.06. The first-order valence-electron chi connectivity index (χ1n) is 5.39. The predicted octanol–water partition coefficient (Wildman–Crippen LogP) is 1.07. The minimum absolute atomic E-state index is 0.0139. The summed E-state index contributed by atoms with van der Waals surface area (Å²) in [6.45, 7) is 4.52. The Balaban J connectivity index is 2.74. The molecule has 0 radical (unpaired) electrons. The summed E-state index contributed by atoms with van der Waals surface area (Å²) in [5.74, 6) is -0.257. The fourth-order valence-corrected chi connectivity index (χ4v) is 1.47. The van der Waals surface area contributed by atoms with E-state index >= 15 is 0 Å². The third kappa shape index (κ3) is 3.06. The van der Waals surface area contributed by atoms with Crippen LogP contribution in [-0.4, -0.2) is 29.4 Å². The van der Waals surface area contributed by atoms with E-state index in [0.717, 1.165) is 5.56 Å². The number of carbonyl (C=O) groups excluding carboxylic acids is 1. The van der Waals surface area contributed by atoms with Crippen LogP contribution in [-0.2, 0) is 9.53 Å². The Kier molecular flexibility index (Phi) is 4.49. The minimum Gasteiger partial charge on any atom is -0.469 e. The molecule has 16 heavy (non-hydrogen) atoms. The lowest BCUT2D eigenvalue weighted by Crippen LogP contribution is -2.17. The van der Waals surface area contributed by atoms with E-state index in [0.29, 0.717) is 19.0 Å². The van der Waals surface area contributed by atoms with Crippen LogP contribution in [0.2, 0.25) is 0 Å². The summed E-state index contributed by atoms with van der Waals surface area (Å²) in [6, 6.07) is 0.310. The van der Waals surface area contributed by atoms with E-state index < -0.39 is 0 Å². The SMILES string of the molecule is COC(=O)CC(CN)c1cnn(C(C)C)c1. The summed E-state index contributed by atoms with van der Waals surface area (Å²) >= 11 is 0. The first-order chi connectivity index (χ1) is 7.58. The van der Waals surface area contributed by atoms with Gasteiger partial charge in [0.25, 0.3) is 0 Å². The van der Waals surface area contributed by atoms with Crippen LogP contribution >= 0.6 is 0 Å². The highest BCUT2D eigenvalue weighted by molar-refractivity contribution is 5.70. The largest absolute Gasteiger partial charge is 0.469 e. The van der Waals surface area contributed by atoms with E-state index in [1.807, 2.05) is 10.9 Å². The van der Waals surface area contributed by atoms with Gasteiger partial charge >= 0.3 is 5.97 Å². The molecule has 0 bridgehead atoms. The number of aromatic nitrogens is 2. The Labute approximate surface area is 95.6 Å². The fourth-order valence-electron chi connectivity index (χ4n) is 1.47. The van der Waals surface area contributed by atoms with Gasteiger partial charge in [0.15, 0.2) is 0 Å². The van der Waals surface area contributed by atoms with Gasteiger partial charge in [-0.25, -0.2) is 0 Å². The molecule has 1 aromatic heterocycles. The van der Waals surface area contributed by atoms with Gasteiger partial charge in [-0.3, -0.25) is 9.48 Å². The van der Waals surface area contributed by atoms with Gasteiger partial charge < -0.3 is 10.5 Å². The second-order valence-corrected chi connectivity index (χ2v) is 4.06. The van der Waals surface area contributed by atoms with Crippen molar-refractivity contribution in [3.05, 3.63) is 18.0 Å². The maximum Gasteiger partial charge on any atom is 0.306 e. The minimum atomic E-state index is -0.243. The maximum absolute atomic E-state index is 11.2. The number of rotatable bonds is 5. The van der Waals surface area contributed by atoms with Gasteiger partial charge in [-0.15, -0.1) is 0 Å². The number of hydrogen-bond acceptors (Lipinski definition) is 4. The van der Waals surface area contributed by atoms with Gasteiger partial charge in [0, 0.05) is 18.2 Å². The van der Waals surface area contributed by atoms with Crippen molar-refractivity contribution in [2.75, 3.05) is 13.7 Å². The number of methoxy groups -OCH3 is 1. The number of nitrogens with two attached hydrogens (primary N) is 1. The average molecular weight is 225 g/mol. The second kappa shape index (κ2) is 5.65.